The molecule has 3 rings (SSSR count). The molecule has 0 bridgehead atoms. The summed E-state index contributed by atoms with van der Waals surface area (Å²) in [6.45, 7) is 2.08. The molecule has 0 aliphatic carbocycles. The highest BCUT2D eigenvalue weighted by Crippen LogP contribution is 2.14. The molecular formula is C23H29N3O3. The lowest BCUT2D eigenvalue weighted by Gasteiger charge is -2.25. The van der Waals surface area contributed by atoms with E-state index in [1.807, 2.05) is 54.6 Å². The van der Waals surface area contributed by atoms with E-state index in [4.69, 9.17) is 4.74 Å². The molecule has 0 spiro atoms. The first-order valence-electron chi connectivity index (χ1n) is 10.1. The van der Waals surface area contributed by atoms with Crippen molar-refractivity contribution in [1.82, 2.24) is 16.0 Å². The summed E-state index contributed by atoms with van der Waals surface area (Å²) in [5.74, 6) is 0.527. The Labute approximate surface area is 172 Å². The van der Waals surface area contributed by atoms with Crippen molar-refractivity contribution in [3.05, 3.63) is 65.7 Å². The third kappa shape index (κ3) is 6.32. The average Bonchev–Trinajstić information content (AvgIpc) is 2.78. The monoisotopic (exact) mass is 395 g/mol. The molecule has 2 amide bonds. The number of ether oxygens (including phenoxy) is 1. The van der Waals surface area contributed by atoms with E-state index in [2.05, 4.69) is 16.0 Å². The van der Waals surface area contributed by atoms with Gasteiger partial charge in [0.25, 0.3) is 0 Å². The quantitative estimate of drug-likeness (QED) is 0.639. The van der Waals surface area contributed by atoms with Gasteiger partial charge in [-0.05, 0) is 49.2 Å². The summed E-state index contributed by atoms with van der Waals surface area (Å²) in [4.78, 5) is 25.6. The Bertz CT molecular complexity index is 787. The van der Waals surface area contributed by atoms with Crippen molar-refractivity contribution in [2.45, 2.75) is 31.8 Å². The maximum absolute atomic E-state index is 12.9. The van der Waals surface area contributed by atoms with Gasteiger partial charge in [-0.1, -0.05) is 42.5 Å². The van der Waals surface area contributed by atoms with Crippen molar-refractivity contribution in [1.29, 1.82) is 0 Å². The Kier molecular flexibility index (Phi) is 7.64. The van der Waals surface area contributed by atoms with Crippen LogP contribution in [-0.4, -0.2) is 38.1 Å². The number of rotatable bonds is 8. The predicted molar refractivity (Wildman–Crippen MR) is 113 cm³/mol. The number of hydrogen-bond acceptors (Lipinski definition) is 4. The number of benzene rings is 2. The molecule has 1 atom stereocenters. The van der Waals surface area contributed by atoms with Gasteiger partial charge in [0.2, 0.25) is 11.8 Å². The minimum atomic E-state index is -0.599. The van der Waals surface area contributed by atoms with Gasteiger partial charge in [-0.15, -0.1) is 0 Å². The molecule has 0 radical (unpaired) electrons. The number of amides is 2. The summed E-state index contributed by atoms with van der Waals surface area (Å²) in [5.41, 5.74) is 1.99. The summed E-state index contributed by atoms with van der Waals surface area (Å²) in [6.07, 6.45) is 2.07. The Balaban J connectivity index is 1.63. The summed E-state index contributed by atoms with van der Waals surface area (Å²) in [7, 11) is 1.62. The normalized spacial score (nSPS) is 15.3. The van der Waals surface area contributed by atoms with Crippen molar-refractivity contribution in [3.63, 3.8) is 0 Å². The lowest BCUT2D eigenvalue weighted by Crippen LogP contribution is -2.50. The molecule has 1 aliphatic heterocycles. The molecule has 1 heterocycles. The number of piperidine rings is 1. The van der Waals surface area contributed by atoms with E-state index in [-0.39, 0.29) is 17.7 Å². The lowest BCUT2D eigenvalue weighted by atomic mass is 9.96. The molecule has 2 aromatic rings. The highest BCUT2D eigenvalue weighted by molar-refractivity contribution is 5.88. The van der Waals surface area contributed by atoms with Gasteiger partial charge < -0.3 is 20.7 Å². The van der Waals surface area contributed by atoms with E-state index < -0.39 is 6.04 Å². The fourth-order valence-electron chi connectivity index (χ4n) is 3.49. The van der Waals surface area contributed by atoms with Gasteiger partial charge in [0, 0.05) is 18.9 Å². The third-order valence-corrected chi connectivity index (χ3v) is 5.25. The third-order valence-electron chi connectivity index (χ3n) is 5.25. The Morgan fingerprint density at radius 3 is 2.38 bits per heavy atom. The molecule has 1 aliphatic rings. The molecule has 3 N–H and O–H groups in total. The van der Waals surface area contributed by atoms with E-state index in [0.717, 1.165) is 42.8 Å². The van der Waals surface area contributed by atoms with Crippen molar-refractivity contribution < 1.29 is 14.3 Å². The minimum Gasteiger partial charge on any atom is -0.497 e. The van der Waals surface area contributed by atoms with Crippen LogP contribution in [0, 0.1) is 5.92 Å². The van der Waals surface area contributed by atoms with Gasteiger partial charge in [0.05, 0.1) is 7.11 Å². The van der Waals surface area contributed by atoms with Gasteiger partial charge >= 0.3 is 0 Å². The molecule has 0 aromatic heterocycles. The van der Waals surface area contributed by atoms with Crippen LogP contribution in [0.2, 0.25) is 0 Å². The smallest absolute Gasteiger partial charge is 0.243 e. The van der Waals surface area contributed by atoms with Gasteiger partial charge in [-0.25, -0.2) is 0 Å². The van der Waals surface area contributed by atoms with Crippen molar-refractivity contribution >= 4 is 11.8 Å². The highest BCUT2D eigenvalue weighted by atomic mass is 16.5. The van der Waals surface area contributed by atoms with E-state index in [0.29, 0.717) is 13.0 Å². The molecule has 0 unspecified atom stereocenters. The summed E-state index contributed by atoms with van der Waals surface area (Å²) in [6, 6.07) is 16.7. The first-order chi connectivity index (χ1) is 14.2. The zero-order valence-corrected chi connectivity index (χ0v) is 16.8. The summed E-state index contributed by atoms with van der Waals surface area (Å²) < 4.78 is 5.16. The number of hydrogen-bond donors (Lipinski definition) is 3. The molecule has 6 heteroatoms. The number of methoxy groups -OCH3 is 1. The van der Waals surface area contributed by atoms with Crippen LogP contribution in [0.15, 0.2) is 54.6 Å². The Hall–Kier alpha value is -2.86. The molecule has 0 saturated carbocycles. The van der Waals surface area contributed by atoms with Crippen molar-refractivity contribution in [2.75, 3.05) is 20.2 Å². The molecule has 2 aromatic carbocycles. The van der Waals surface area contributed by atoms with Gasteiger partial charge in [0.15, 0.2) is 0 Å². The van der Waals surface area contributed by atoms with Gasteiger partial charge in [-0.3, -0.25) is 9.59 Å². The second kappa shape index (κ2) is 10.6. The summed E-state index contributed by atoms with van der Waals surface area (Å²) in [5, 5.41) is 9.21. The fourth-order valence-corrected chi connectivity index (χ4v) is 3.49. The van der Waals surface area contributed by atoms with E-state index in [1.54, 1.807) is 7.11 Å². The number of carbonyl (C=O) groups excluding carboxylic acids is 2. The van der Waals surface area contributed by atoms with Crippen molar-refractivity contribution in [3.8, 4) is 5.75 Å². The molecule has 1 saturated heterocycles. The van der Waals surface area contributed by atoms with Crippen LogP contribution in [0.4, 0.5) is 0 Å². The second-order valence-corrected chi connectivity index (χ2v) is 7.34. The van der Waals surface area contributed by atoms with Gasteiger partial charge in [0.1, 0.15) is 11.8 Å². The second-order valence-electron chi connectivity index (χ2n) is 7.34. The maximum Gasteiger partial charge on any atom is 0.243 e. The Morgan fingerprint density at radius 1 is 1.03 bits per heavy atom. The van der Waals surface area contributed by atoms with Crippen LogP contribution in [0.3, 0.4) is 0 Å². The summed E-state index contributed by atoms with van der Waals surface area (Å²) >= 11 is 0. The zero-order chi connectivity index (χ0) is 20.5. The van der Waals surface area contributed by atoms with Crippen LogP contribution in [0.1, 0.15) is 24.0 Å². The first-order valence-corrected chi connectivity index (χ1v) is 10.1. The van der Waals surface area contributed by atoms with Crippen LogP contribution < -0.4 is 20.7 Å². The van der Waals surface area contributed by atoms with E-state index in [1.165, 1.54) is 0 Å². The van der Waals surface area contributed by atoms with E-state index >= 15 is 0 Å². The average molecular weight is 396 g/mol. The number of nitrogens with one attached hydrogen (secondary N) is 3. The maximum atomic E-state index is 12.9. The fraction of sp³-hybridized carbons (Fsp3) is 0.391. The highest BCUT2D eigenvalue weighted by Gasteiger charge is 2.26. The van der Waals surface area contributed by atoms with Crippen LogP contribution in [0.5, 0.6) is 5.75 Å². The first kappa shape index (κ1) is 20.9. The largest absolute Gasteiger partial charge is 0.497 e. The topological polar surface area (TPSA) is 79.5 Å². The molecule has 1 fully saturated rings. The zero-order valence-electron chi connectivity index (χ0n) is 16.8. The minimum absolute atomic E-state index is 0.0352. The van der Waals surface area contributed by atoms with E-state index in [9.17, 15) is 9.59 Å². The van der Waals surface area contributed by atoms with Crippen LogP contribution >= 0.6 is 0 Å². The lowest BCUT2D eigenvalue weighted by molar-refractivity contribution is -0.131. The molecule has 29 heavy (non-hydrogen) atoms. The van der Waals surface area contributed by atoms with Crippen LogP contribution in [0.25, 0.3) is 0 Å². The Morgan fingerprint density at radius 2 is 1.72 bits per heavy atom. The predicted octanol–water partition coefficient (Wildman–Crippen LogP) is 2.04. The molecule has 154 valence electrons. The SMILES string of the molecule is COc1ccc(CNC(=O)[C@@H](Cc2ccccc2)NC(=O)C2CCNCC2)cc1. The van der Waals surface area contributed by atoms with Gasteiger partial charge in [-0.2, -0.15) is 0 Å². The molecule has 6 nitrogen and oxygen atoms in total. The van der Waals surface area contributed by atoms with Crippen LogP contribution in [-0.2, 0) is 22.6 Å². The standard InChI is InChI=1S/C23H29N3O3/c1-29-20-9-7-18(8-10-20)16-25-23(28)21(15-17-5-3-2-4-6-17)26-22(27)19-11-13-24-14-12-19/h2-10,19,21,24H,11-16H2,1H3,(H,25,28)(H,26,27)/t21-/m1/s1. The number of carbonyl (C=O) groups is 2. The molecular weight excluding hydrogens is 366 g/mol. The van der Waals surface area contributed by atoms with Crippen molar-refractivity contribution in [2.24, 2.45) is 5.92 Å².